The van der Waals surface area contributed by atoms with Gasteiger partial charge in [-0.15, -0.1) is 0 Å². The van der Waals surface area contributed by atoms with E-state index in [1.54, 1.807) is 24.3 Å². The van der Waals surface area contributed by atoms with Gasteiger partial charge in [0.1, 0.15) is 13.2 Å². The molecule has 0 radical (unpaired) electrons. The highest BCUT2D eigenvalue weighted by atomic mass is 19.3. The highest BCUT2D eigenvalue weighted by molar-refractivity contribution is 5.94. The van der Waals surface area contributed by atoms with Crippen molar-refractivity contribution in [3.05, 3.63) is 35.4 Å². The summed E-state index contributed by atoms with van der Waals surface area (Å²) in [6, 6.07) is 6.40. The van der Waals surface area contributed by atoms with E-state index in [1.807, 2.05) is 0 Å². The van der Waals surface area contributed by atoms with Crippen LogP contribution in [-0.4, -0.2) is 44.4 Å². The van der Waals surface area contributed by atoms with Gasteiger partial charge in [-0.2, -0.15) is 8.78 Å². The number of amides is 2. The van der Waals surface area contributed by atoms with Crippen LogP contribution in [0.25, 0.3) is 0 Å². The van der Waals surface area contributed by atoms with Gasteiger partial charge in [-0.3, -0.25) is 9.59 Å². The highest BCUT2D eigenvalue weighted by Crippen LogP contribution is 2.22. The Balaban J connectivity index is 2.41. The van der Waals surface area contributed by atoms with Gasteiger partial charge in [0, 0.05) is 19.2 Å². The molecular formula is C14H16F4N2O3. The van der Waals surface area contributed by atoms with Crippen molar-refractivity contribution in [2.75, 3.05) is 20.3 Å². The maximum atomic E-state index is 12.6. The van der Waals surface area contributed by atoms with Gasteiger partial charge in [-0.25, -0.2) is 8.78 Å². The Bertz CT molecular complexity index is 553. The third-order valence-electron chi connectivity index (χ3n) is 2.75. The number of nitrogens with one attached hydrogen (secondary N) is 2. The van der Waals surface area contributed by atoms with Crippen LogP contribution < -0.4 is 10.6 Å². The summed E-state index contributed by atoms with van der Waals surface area (Å²) in [5.41, 5.74) is 1.00. The number of carbonyl (C=O) groups is 2. The number of rotatable bonds is 8. The van der Waals surface area contributed by atoms with Crippen molar-refractivity contribution in [2.45, 2.75) is 18.9 Å². The first kappa shape index (κ1) is 18.9. The Labute approximate surface area is 130 Å². The Morgan fingerprint density at radius 3 is 2.61 bits per heavy atom. The maximum Gasteiger partial charge on any atom is 0.330 e. The first-order chi connectivity index (χ1) is 10.8. The molecular weight excluding hydrogens is 320 g/mol. The Morgan fingerprint density at radius 2 is 2.00 bits per heavy atom. The summed E-state index contributed by atoms with van der Waals surface area (Å²) in [5.74, 6) is -5.32. The van der Waals surface area contributed by atoms with Crippen molar-refractivity contribution >= 4 is 11.8 Å². The van der Waals surface area contributed by atoms with Crippen LogP contribution in [0.3, 0.4) is 0 Å². The van der Waals surface area contributed by atoms with Crippen molar-refractivity contribution in [1.82, 2.24) is 10.6 Å². The number of benzene rings is 1. The minimum atomic E-state index is -4.29. The number of halogens is 4. The zero-order valence-corrected chi connectivity index (χ0v) is 12.2. The minimum Gasteiger partial charge on any atom is -0.365 e. The van der Waals surface area contributed by atoms with E-state index >= 15 is 0 Å². The molecule has 0 aliphatic carbocycles. The van der Waals surface area contributed by atoms with Gasteiger partial charge < -0.3 is 15.4 Å². The van der Waals surface area contributed by atoms with Crippen molar-refractivity contribution in [3.8, 4) is 0 Å². The monoisotopic (exact) mass is 336 g/mol. The van der Waals surface area contributed by atoms with Gasteiger partial charge in [0.15, 0.2) is 0 Å². The molecule has 0 aromatic heterocycles. The van der Waals surface area contributed by atoms with E-state index in [4.69, 9.17) is 0 Å². The molecule has 1 aromatic carbocycles. The summed E-state index contributed by atoms with van der Waals surface area (Å²) >= 11 is 0. The summed E-state index contributed by atoms with van der Waals surface area (Å²) in [6.45, 7) is -2.26. The Hall–Kier alpha value is -2.16. The molecule has 0 bridgehead atoms. The fourth-order valence-corrected chi connectivity index (χ4v) is 1.56. The first-order valence-electron chi connectivity index (χ1n) is 6.57. The van der Waals surface area contributed by atoms with Gasteiger partial charge in [0.2, 0.25) is 5.91 Å². The fourth-order valence-electron chi connectivity index (χ4n) is 1.56. The molecule has 0 aliphatic rings. The molecule has 0 saturated carbocycles. The lowest BCUT2D eigenvalue weighted by molar-refractivity contribution is -0.168. The van der Waals surface area contributed by atoms with Crippen LogP contribution >= 0.6 is 0 Å². The molecule has 0 aliphatic heterocycles. The Morgan fingerprint density at radius 1 is 1.30 bits per heavy atom. The molecule has 0 fully saturated rings. The highest BCUT2D eigenvalue weighted by Gasteiger charge is 2.41. The molecule has 2 amide bonds. The van der Waals surface area contributed by atoms with E-state index in [0.717, 1.165) is 0 Å². The number of hydrogen-bond acceptors (Lipinski definition) is 3. The van der Waals surface area contributed by atoms with Crippen molar-refractivity contribution in [1.29, 1.82) is 0 Å². The largest absolute Gasteiger partial charge is 0.365 e. The lowest BCUT2D eigenvalue weighted by Gasteiger charge is -2.15. The average molecular weight is 336 g/mol. The second-order valence-corrected chi connectivity index (χ2v) is 4.61. The normalized spacial score (nSPS) is 11.4. The summed E-state index contributed by atoms with van der Waals surface area (Å²) < 4.78 is 53.1. The van der Waals surface area contributed by atoms with Crippen LogP contribution in [0.2, 0.25) is 0 Å². The fraction of sp³-hybridized carbons (Fsp3) is 0.429. The first-order valence-corrected chi connectivity index (χ1v) is 6.57. The lowest BCUT2D eigenvalue weighted by atomic mass is 10.1. The summed E-state index contributed by atoms with van der Waals surface area (Å²) in [5, 5.41) is 4.82. The van der Waals surface area contributed by atoms with Crippen LogP contribution in [0.4, 0.5) is 17.6 Å². The number of ether oxygens (including phenoxy) is 1. The van der Waals surface area contributed by atoms with E-state index in [-0.39, 0.29) is 12.5 Å². The zero-order valence-electron chi connectivity index (χ0n) is 12.2. The number of hydrogen-bond donors (Lipinski definition) is 2. The zero-order chi connectivity index (χ0) is 17.5. The predicted octanol–water partition coefficient (Wildman–Crippen LogP) is 1.58. The van der Waals surface area contributed by atoms with Crippen molar-refractivity contribution < 1.29 is 31.9 Å². The number of carbonyl (C=O) groups excluding carboxylic acids is 2. The van der Waals surface area contributed by atoms with Gasteiger partial charge in [0.25, 0.3) is 5.91 Å². The van der Waals surface area contributed by atoms with Crippen LogP contribution in [0.5, 0.6) is 0 Å². The summed E-state index contributed by atoms with van der Waals surface area (Å²) in [4.78, 5) is 22.8. The van der Waals surface area contributed by atoms with E-state index in [9.17, 15) is 27.2 Å². The Kier molecular flexibility index (Phi) is 6.95. The van der Waals surface area contributed by atoms with E-state index < -0.39 is 31.5 Å². The van der Waals surface area contributed by atoms with E-state index in [0.29, 0.717) is 11.1 Å². The molecule has 0 unspecified atom stereocenters. The molecule has 23 heavy (non-hydrogen) atoms. The summed E-state index contributed by atoms with van der Waals surface area (Å²) in [7, 11) is 1.48. The predicted molar refractivity (Wildman–Crippen MR) is 73.4 cm³/mol. The third kappa shape index (κ3) is 6.23. The third-order valence-corrected chi connectivity index (χ3v) is 2.75. The molecule has 0 saturated heterocycles. The lowest BCUT2D eigenvalue weighted by Crippen LogP contribution is -2.35. The smallest absolute Gasteiger partial charge is 0.330 e. The molecule has 128 valence electrons. The summed E-state index contributed by atoms with van der Waals surface area (Å²) in [6.07, 6.45) is -3.85. The standard InChI is InChI=1S/C14H16F4N2O3/c1-19-12(22)10-4-2-3-9(5-10)6-20-11(21)7-23-8-14(17,18)13(15)16/h2-5,13H,6-8H2,1H3,(H,19,22)(H,20,21). The van der Waals surface area contributed by atoms with Crippen LogP contribution in [0, 0.1) is 0 Å². The van der Waals surface area contributed by atoms with Gasteiger partial charge in [0.05, 0.1) is 0 Å². The molecule has 9 heteroatoms. The topological polar surface area (TPSA) is 67.4 Å². The van der Waals surface area contributed by atoms with Gasteiger partial charge in [-0.05, 0) is 17.7 Å². The molecule has 0 atom stereocenters. The van der Waals surface area contributed by atoms with Crippen molar-refractivity contribution in [3.63, 3.8) is 0 Å². The maximum absolute atomic E-state index is 12.6. The van der Waals surface area contributed by atoms with Crippen LogP contribution in [0.1, 0.15) is 15.9 Å². The van der Waals surface area contributed by atoms with Crippen LogP contribution in [0.15, 0.2) is 24.3 Å². The quantitative estimate of drug-likeness (QED) is 0.709. The molecule has 1 rings (SSSR count). The molecule has 5 nitrogen and oxygen atoms in total. The van der Waals surface area contributed by atoms with Crippen molar-refractivity contribution in [2.24, 2.45) is 0 Å². The second-order valence-electron chi connectivity index (χ2n) is 4.61. The van der Waals surface area contributed by atoms with E-state index in [2.05, 4.69) is 15.4 Å². The molecule has 2 N–H and O–H groups in total. The van der Waals surface area contributed by atoms with E-state index in [1.165, 1.54) is 7.05 Å². The second kappa shape index (κ2) is 8.47. The van der Waals surface area contributed by atoms with Gasteiger partial charge in [-0.1, -0.05) is 12.1 Å². The molecule has 1 aromatic rings. The molecule has 0 heterocycles. The minimum absolute atomic E-state index is 0.0399. The van der Waals surface area contributed by atoms with Gasteiger partial charge >= 0.3 is 12.3 Å². The number of alkyl halides is 4. The molecule has 0 spiro atoms. The average Bonchev–Trinajstić information content (AvgIpc) is 2.52. The van der Waals surface area contributed by atoms with Crippen LogP contribution in [-0.2, 0) is 16.1 Å². The SMILES string of the molecule is CNC(=O)c1cccc(CNC(=O)COCC(F)(F)C(F)F)c1.